The number of amides is 1. The van der Waals surface area contributed by atoms with E-state index in [0.29, 0.717) is 9.37 Å². The number of benzene rings is 1. The average molecular weight is 486 g/mol. The van der Waals surface area contributed by atoms with Gasteiger partial charge >= 0.3 is 12.4 Å². The number of nitriles is 1. The van der Waals surface area contributed by atoms with Gasteiger partial charge in [0.25, 0.3) is 0 Å². The zero-order valence-electron chi connectivity index (χ0n) is 15.2. The van der Waals surface area contributed by atoms with Crippen LogP contribution in [0.5, 0.6) is 0 Å². The van der Waals surface area contributed by atoms with Crippen LogP contribution in [0.2, 0.25) is 0 Å². The summed E-state index contributed by atoms with van der Waals surface area (Å²) in [5.74, 6) is -3.32. The average Bonchev–Trinajstić information content (AvgIpc) is 3.39. The molecular weight excluding hydrogens is 468 g/mol. The largest absolute Gasteiger partial charge is 0.413 e. The normalized spacial score (nSPS) is 19.0. The van der Waals surface area contributed by atoms with Crippen molar-refractivity contribution < 1.29 is 31.1 Å². The lowest BCUT2D eigenvalue weighted by Crippen LogP contribution is -2.55. The van der Waals surface area contributed by atoms with E-state index in [9.17, 15) is 36.4 Å². The van der Waals surface area contributed by atoms with Gasteiger partial charge in [-0.3, -0.25) is 4.79 Å². The third-order valence-electron chi connectivity index (χ3n) is 4.87. The molecule has 1 unspecified atom stereocenters. The van der Waals surface area contributed by atoms with E-state index in [1.807, 2.05) is 0 Å². The Labute approximate surface area is 171 Å². The van der Waals surface area contributed by atoms with Crippen LogP contribution < -0.4 is 5.73 Å². The molecule has 2 N–H and O–H groups in total. The molecule has 0 saturated heterocycles. The molecule has 0 spiro atoms. The first kappa shape index (κ1) is 23.5. The van der Waals surface area contributed by atoms with Crippen LogP contribution in [0, 0.1) is 17.2 Å². The molecule has 29 heavy (non-hydrogen) atoms. The van der Waals surface area contributed by atoms with Crippen molar-refractivity contribution in [3.8, 4) is 6.07 Å². The smallest absolute Gasteiger partial charge is 0.320 e. The zero-order valence-corrected chi connectivity index (χ0v) is 16.8. The number of nitrogens with two attached hydrogens (primary N) is 1. The highest BCUT2D eigenvalue weighted by Crippen LogP contribution is 2.50. The second-order valence-electron chi connectivity index (χ2n) is 7.13. The number of carbonyl (C=O) groups is 1. The number of hydrogen-bond acceptors (Lipinski definition) is 3. The zero-order chi connectivity index (χ0) is 22.2. The lowest BCUT2D eigenvalue weighted by atomic mass is 9.96. The molecule has 1 amide bonds. The van der Waals surface area contributed by atoms with Crippen LogP contribution in [-0.4, -0.2) is 34.7 Å². The van der Waals surface area contributed by atoms with Crippen molar-refractivity contribution in [3.05, 3.63) is 34.3 Å². The Kier molecular flexibility index (Phi) is 6.59. The van der Waals surface area contributed by atoms with E-state index in [0.717, 1.165) is 19.1 Å². The molecule has 1 aliphatic carbocycles. The molecule has 0 radical (unpaired) electrons. The van der Waals surface area contributed by atoms with Crippen LogP contribution in [0.15, 0.2) is 28.7 Å². The maximum atomic E-state index is 14.0. The summed E-state index contributed by atoms with van der Waals surface area (Å²) < 4.78 is 80.9. The minimum absolute atomic E-state index is 0.0140. The summed E-state index contributed by atoms with van der Waals surface area (Å²) in [5, 5.41) is 9.43. The SMILES string of the molecule is CC(C[C@H](N)C(=O)N([C@@H](c1ccc(Br)cc1)C(F)(F)F)C1(C#N)CC1)C(F)(F)F. The number of carbonyl (C=O) groups excluding carboxylic acids is 1. The van der Waals surface area contributed by atoms with Crippen molar-refractivity contribution in [1.82, 2.24) is 4.90 Å². The highest BCUT2D eigenvalue weighted by atomic mass is 79.9. The van der Waals surface area contributed by atoms with Gasteiger partial charge in [0.2, 0.25) is 5.91 Å². The fraction of sp³-hybridized carbons (Fsp3) is 0.556. The van der Waals surface area contributed by atoms with Crippen LogP contribution in [0.3, 0.4) is 0 Å². The van der Waals surface area contributed by atoms with Gasteiger partial charge in [-0.2, -0.15) is 31.6 Å². The van der Waals surface area contributed by atoms with Crippen molar-refractivity contribution >= 4 is 21.8 Å². The first-order chi connectivity index (χ1) is 13.2. The molecule has 0 bridgehead atoms. The van der Waals surface area contributed by atoms with Gasteiger partial charge in [0.1, 0.15) is 5.54 Å². The lowest BCUT2D eigenvalue weighted by Gasteiger charge is -2.38. The number of alkyl halides is 6. The summed E-state index contributed by atoms with van der Waals surface area (Å²) in [7, 11) is 0. The van der Waals surface area contributed by atoms with Crippen molar-refractivity contribution in [2.24, 2.45) is 11.7 Å². The fourth-order valence-corrected chi connectivity index (χ4v) is 3.30. The second kappa shape index (κ2) is 8.14. The third-order valence-corrected chi connectivity index (χ3v) is 5.40. The van der Waals surface area contributed by atoms with E-state index in [2.05, 4.69) is 15.9 Å². The van der Waals surface area contributed by atoms with Gasteiger partial charge < -0.3 is 10.6 Å². The van der Waals surface area contributed by atoms with E-state index < -0.39 is 48.2 Å². The Bertz CT molecular complexity index is 783. The molecule has 1 aliphatic rings. The first-order valence-corrected chi connectivity index (χ1v) is 9.41. The molecule has 0 heterocycles. The Morgan fingerprint density at radius 1 is 1.21 bits per heavy atom. The van der Waals surface area contributed by atoms with E-state index in [-0.39, 0.29) is 18.4 Å². The minimum Gasteiger partial charge on any atom is -0.320 e. The summed E-state index contributed by atoms with van der Waals surface area (Å²) in [4.78, 5) is 13.2. The summed E-state index contributed by atoms with van der Waals surface area (Å²) in [6.07, 6.45) is -10.5. The van der Waals surface area contributed by atoms with Gasteiger partial charge in [0.05, 0.1) is 18.0 Å². The maximum absolute atomic E-state index is 14.0. The molecule has 160 valence electrons. The highest BCUT2D eigenvalue weighted by molar-refractivity contribution is 9.10. The Balaban J connectivity index is 2.47. The van der Waals surface area contributed by atoms with E-state index in [1.165, 1.54) is 12.1 Å². The molecular formula is C18H18BrF6N3O. The molecule has 1 fully saturated rings. The number of rotatable bonds is 6. The maximum Gasteiger partial charge on any atom is 0.413 e. The van der Waals surface area contributed by atoms with E-state index in [4.69, 9.17) is 5.73 Å². The van der Waals surface area contributed by atoms with Crippen molar-refractivity contribution in [2.75, 3.05) is 0 Å². The van der Waals surface area contributed by atoms with Gasteiger partial charge in [0, 0.05) is 4.47 Å². The lowest BCUT2D eigenvalue weighted by molar-refractivity contribution is -0.199. The number of halogens is 7. The number of nitrogens with zero attached hydrogens (tertiary/aromatic N) is 2. The second-order valence-corrected chi connectivity index (χ2v) is 8.05. The van der Waals surface area contributed by atoms with Crippen molar-refractivity contribution in [3.63, 3.8) is 0 Å². The molecule has 3 atom stereocenters. The van der Waals surface area contributed by atoms with Crippen molar-refractivity contribution in [1.29, 1.82) is 5.26 Å². The Hall–Kier alpha value is -1.80. The van der Waals surface area contributed by atoms with Gasteiger partial charge in [-0.15, -0.1) is 0 Å². The monoisotopic (exact) mass is 485 g/mol. The van der Waals surface area contributed by atoms with E-state index in [1.54, 1.807) is 6.07 Å². The van der Waals surface area contributed by atoms with E-state index >= 15 is 0 Å². The van der Waals surface area contributed by atoms with Crippen LogP contribution in [-0.2, 0) is 4.79 Å². The molecule has 2 rings (SSSR count). The van der Waals surface area contributed by atoms with Crippen LogP contribution in [0.1, 0.15) is 37.8 Å². The quantitative estimate of drug-likeness (QED) is 0.585. The molecule has 11 heteroatoms. The summed E-state index contributed by atoms with van der Waals surface area (Å²) in [5.41, 5.74) is 3.54. The van der Waals surface area contributed by atoms with Gasteiger partial charge in [0.15, 0.2) is 6.04 Å². The number of hydrogen-bond donors (Lipinski definition) is 1. The molecule has 0 aliphatic heterocycles. The van der Waals surface area contributed by atoms with Crippen LogP contribution in [0.25, 0.3) is 0 Å². The summed E-state index contributed by atoms with van der Waals surface area (Å²) in [6.45, 7) is 0.796. The predicted molar refractivity (Wildman–Crippen MR) is 95.2 cm³/mol. The summed E-state index contributed by atoms with van der Waals surface area (Å²) >= 11 is 3.10. The third kappa shape index (κ3) is 5.22. The molecule has 1 aromatic rings. The fourth-order valence-electron chi connectivity index (χ4n) is 3.03. The Morgan fingerprint density at radius 2 is 1.72 bits per heavy atom. The standard InChI is InChI=1S/C18H18BrF6N3O/c1-10(17(20,21)22)8-13(27)15(29)28(16(9-26)6-7-16)14(18(23,24)25)11-2-4-12(19)5-3-11/h2-5,10,13-14H,6-8,27H2,1H3/t10?,13-,14-/m0/s1. The highest BCUT2D eigenvalue weighted by Gasteiger charge is 2.60. The molecule has 1 aromatic carbocycles. The molecule has 0 aromatic heterocycles. The Morgan fingerprint density at radius 3 is 2.10 bits per heavy atom. The van der Waals surface area contributed by atoms with Gasteiger partial charge in [-0.05, 0) is 37.0 Å². The first-order valence-electron chi connectivity index (χ1n) is 8.62. The van der Waals surface area contributed by atoms with Crippen LogP contribution >= 0.6 is 15.9 Å². The van der Waals surface area contributed by atoms with Gasteiger partial charge in [-0.25, -0.2) is 0 Å². The molecule has 1 saturated carbocycles. The van der Waals surface area contributed by atoms with Crippen LogP contribution in [0.4, 0.5) is 26.3 Å². The van der Waals surface area contributed by atoms with Crippen molar-refractivity contribution in [2.45, 2.75) is 56.2 Å². The minimum atomic E-state index is -4.97. The molecule has 4 nitrogen and oxygen atoms in total. The summed E-state index contributed by atoms with van der Waals surface area (Å²) in [6, 6.07) is 2.35. The predicted octanol–water partition coefficient (Wildman–Crippen LogP) is 4.85. The topological polar surface area (TPSA) is 70.1 Å². The van der Waals surface area contributed by atoms with Gasteiger partial charge in [-0.1, -0.05) is 35.0 Å².